The summed E-state index contributed by atoms with van der Waals surface area (Å²) >= 11 is 0. The molecule has 45 heavy (non-hydrogen) atoms. The number of ether oxygens (including phenoxy) is 8. The molecule has 1 heterocycles. The Balaban J connectivity index is 1.55. The molecule has 2 rings (SSSR count). The Morgan fingerprint density at radius 3 is 1.29 bits per heavy atom. The van der Waals surface area contributed by atoms with Crippen molar-refractivity contribution in [3.8, 4) is 0 Å². The van der Waals surface area contributed by atoms with Gasteiger partial charge in [-0.1, -0.05) is 30.3 Å². The Morgan fingerprint density at radius 2 is 0.911 bits per heavy atom. The standard InChI is InChI=1S/C35H64NO9/c1-27(37)20-39-29(3)22-41-31(5)24-43-33(7)26-45-34(8)25-44-32(6)23-42-30(4)21-40-28(2)18-36(14-16-38-17-15-36)19-35-12-10-9-11-13-35/h9-13,27-34,37H,14-26H2,1-8H3/q+1. The predicted molar refractivity (Wildman–Crippen MR) is 175 cm³/mol. The lowest BCUT2D eigenvalue weighted by atomic mass is 10.1. The molecule has 0 bridgehead atoms. The van der Waals surface area contributed by atoms with Gasteiger partial charge in [-0.25, -0.2) is 0 Å². The van der Waals surface area contributed by atoms with E-state index < -0.39 is 6.10 Å². The lowest BCUT2D eigenvalue weighted by Crippen LogP contribution is -2.57. The minimum atomic E-state index is -0.479. The molecule has 0 spiro atoms. The van der Waals surface area contributed by atoms with E-state index in [-0.39, 0.29) is 42.7 Å². The Bertz CT molecular complexity index is 855. The zero-order valence-electron chi connectivity index (χ0n) is 29.4. The molecule has 1 fully saturated rings. The Morgan fingerprint density at radius 1 is 0.556 bits per heavy atom. The molecule has 10 nitrogen and oxygen atoms in total. The molecule has 8 unspecified atom stereocenters. The second kappa shape index (κ2) is 22.4. The van der Waals surface area contributed by atoms with E-state index >= 15 is 0 Å². The first-order valence-electron chi connectivity index (χ1n) is 16.9. The number of aliphatic hydroxyl groups is 1. The monoisotopic (exact) mass is 642 g/mol. The van der Waals surface area contributed by atoms with Gasteiger partial charge in [-0.2, -0.15) is 0 Å². The molecule has 1 aliphatic rings. The molecular weight excluding hydrogens is 578 g/mol. The smallest absolute Gasteiger partial charge is 0.105 e. The van der Waals surface area contributed by atoms with E-state index in [2.05, 4.69) is 37.3 Å². The lowest BCUT2D eigenvalue weighted by Gasteiger charge is -2.43. The molecule has 1 N–H and O–H groups in total. The summed E-state index contributed by atoms with van der Waals surface area (Å²) < 4.78 is 48.0. The zero-order valence-corrected chi connectivity index (χ0v) is 29.4. The lowest BCUT2D eigenvalue weighted by molar-refractivity contribution is -0.950. The SMILES string of the molecule is CC(O)COC(C)COC(C)COC(C)COC(C)COC(C)COC(C)COC(C)C[N+]1(Cc2ccccc2)CCOCC1. The molecule has 262 valence electrons. The van der Waals surface area contributed by atoms with Crippen LogP contribution in [0.3, 0.4) is 0 Å². The van der Waals surface area contributed by atoms with Gasteiger partial charge in [-0.3, -0.25) is 0 Å². The predicted octanol–water partition coefficient (Wildman–Crippen LogP) is 4.25. The topological polar surface area (TPSA) is 94.1 Å². The second-order valence-electron chi connectivity index (χ2n) is 13.1. The fourth-order valence-electron chi connectivity index (χ4n) is 5.10. The van der Waals surface area contributed by atoms with Gasteiger partial charge in [-0.05, 0) is 55.4 Å². The molecule has 1 aliphatic heterocycles. The van der Waals surface area contributed by atoms with E-state index in [1.807, 2.05) is 41.5 Å². The fourth-order valence-corrected chi connectivity index (χ4v) is 5.10. The number of aliphatic hydroxyl groups excluding tert-OH is 1. The van der Waals surface area contributed by atoms with Crippen molar-refractivity contribution in [3.63, 3.8) is 0 Å². The largest absolute Gasteiger partial charge is 0.391 e. The van der Waals surface area contributed by atoms with Crippen LogP contribution in [-0.4, -0.2) is 138 Å². The summed E-state index contributed by atoms with van der Waals surface area (Å²) in [6.45, 7) is 24.6. The van der Waals surface area contributed by atoms with Crippen LogP contribution in [0, 0.1) is 0 Å². The van der Waals surface area contributed by atoms with Crippen LogP contribution in [0.25, 0.3) is 0 Å². The average Bonchev–Trinajstić information content (AvgIpc) is 3.02. The molecule has 0 amide bonds. The molecular formula is C35H64NO9+. The molecule has 1 aromatic carbocycles. The Labute approximate surface area is 273 Å². The van der Waals surface area contributed by atoms with Crippen molar-refractivity contribution in [3.05, 3.63) is 35.9 Å². The first-order chi connectivity index (χ1) is 21.5. The van der Waals surface area contributed by atoms with Gasteiger partial charge in [0.2, 0.25) is 0 Å². The maximum absolute atomic E-state index is 9.31. The van der Waals surface area contributed by atoms with Gasteiger partial charge >= 0.3 is 0 Å². The summed E-state index contributed by atoms with van der Waals surface area (Å²) in [5, 5.41) is 9.31. The Kier molecular flexibility index (Phi) is 19.9. The van der Waals surface area contributed by atoms with Crippen molar-refractivity contribution in [1.82, 2.24) is 0 Å². The number of quaternary nitrogens is 1. The molecule has 0 aromatic heterocycles. The molecule has 0 saturated carbocycles. The minimum Gasteiger partial charge on any atom is -0.391 e. The zero-order chi connectivity index (χ0) is 33.1. The summed E-state index contributed by atoms with van der Waals surface area (Å²) in [5.74, 6) is 0. The highest BCUT2D eigenvalue weighted by atomic mass is 16.6. The summed E-state index contributed by atoms with van der Waals surface area (Å²) in [6.07, 6.45) is -0.709. The van der Waals surface area contributed by atoms with Gasteiger partial charge in [0.15, 0.2) is 0 Å². The highest BCUT2D eigenvalue weighted by Gasteiger charge is 2.33. The van der Waals surface area contributed by atoms with Gasteiger partial charge in [0, 0.05) is 5.56 Å². The van der Waals surface area contributed by atoms with Crippen LogP contribution >= 0.6 is 0 Å². The first-order valence-corrected chi connectivity index (χ1v) is 16.9. The normalized spacial score (nSPS) is 20.6. The number of morpholine rings is 1. The summed E-state index contributed by atoms with van der Waals surface area (Å²) in [7, 11) is 0. The van der Waals surface area contributed by atoms with E-state index in [0.717, 1.165) is 43.9 Å². The van der Waals surface area contributed by atoms with E-state index in [1.54, 1.807) is 6.92 Å². The summed E-state index contributed by atoms with van der Waals surface area (Å²) in [4.78, 5) is 0. The molecule has 8 atom stereocenters. The molecule has 10 heteroatoms. The second-order valence-corrected chi connectivity index (χ2v) is 13.1. The van der Waals surface area contributed by atoms with E-state index in [1.165, 1.54) is 5.56 Å². The minimum absolute atomic E-state index is 0.0243. The first kappa shape index (κ1) is 40.0. The van der Waals surface area contributed by atoms with Crippen molar-refractivity contribution >= 4 is 0 Å². The van der Waals surface area contributed by atoms with Crippen LogP contribution in [0.4, 0.5) is 0 Å². The van der Waals surface area contributed by atoms with Crippen molar-refractivity contribution in [2.24, 2.45) is 0 Å². The molecule has 1 aromatic rings. The van der Waals surface area contributed by atoms with Crippen molar-refractivity contribution < 1.29 is 47.5 Å². The molecule has 0 aliphatic carbocycles. The van der Waals surface area contributed by atoms with Crippen LogP contribution in [0.15, 0.2) is 30.3 Å². The number of nitrogens with zero attached hydrogens (tertiary/aromatic N) is 1. The van der Waals surface area contributed by atoms with Gasteiger partial charge in [0.25, 0.3) is 0 Å². The number of benzene rings is 1. The van der Waals surface area contributed by atoms with E-state index in [0.29, 0.717) is 46.2 Å². The summed E-state index contributed by atoms with van der Waals surface area (Å²) in [5.41, 5.74) is 1.36. The Hall–Kier alpha value is -1.18. The van der Waals surface area contributed by atoms with Gasteiger partial charge in [0.05, 0.1) is 102 Å². The van der Waals surface area contributed by atoms with E-state index in [9.17, 15) is 5.11 Å². The highest BCUT2D eigenvalue weighted by Crippen LogP contribution is 2.19. The van der Waals surface area contributed by atoms with Crippen LogP contribution < -0.4 is 0 Å². The van der Waals surface area contributed by atoms with Crippen LogP contribution in [0.2, 0.25) is 0 Å². The molecule has 0 radical (unpaired) electrons. The number of hydrogen-bond acceptors (Lipinski definition) is 9. The average molecular weight is 643 g/mol. The highest BCUT2D eigenvalue weighted by molar-refractivity contribution is 5.13. The van der Waals surface area contributed by atoms with Crippen LogP contribution in [0.5, 0.6) is 0 Å². The van der Waals surface area contributed by atoms with Crippen molar-refractivity contribution in [2.45, 2.75) is 111 Å². The van der Waals surface area contributed by atoms with Gasteiger partial charge < -0.3 is 47.5 Å². The third kappa shape index (κ3) is 18.7. The maximum Gasteiger partial charge on any atom is 0.105 e. The van der Waals surface area contributed by atoms with Crippen molar-refractivity contribution in [2.75, 3.05) is 79.1 Å². The quantitative estimate of drug-likeness (QED) is 0.157. The molecule has 1 saturated heterocycles. The van der Waals surface area contributed by atoms with Crippen LogP contribution in [0.1, 0.15) is 61.0 Å². The van der Waals surface area contributed by atoms with Gasteiger partial charge in [0.1, 0.15) is 32.3 Å². The number of hydrogen-bond donors (Lipinski definition) is 1. The fraction of sp³-hybridized carbons (Fsp3) is 0.829. The summed E-state index contributed by atoms with van der Waals surface area (Å²) in [6, 6.07) is 10.7. The maximum atomic E-state index is 9.31. The van der Waals surface area contributed by atoms with Gasteiger partial charge in [-0.15, -0.1) is 0 Å². The third-order valence-electron chi connectivity index (χ3n) is 7.74. The third-order valence-corrected chi connectivity index (χ3v) is 7.74. The van der Waals surface area contributed by atoms with Crippen molar-refractivity contribution in [1.29, 1.82) is 0 Å². The van der Waals surface area contributed by atoms with Crippen LogP contribution in [-0.2, 0) is 44.4 Å². The van der Waals surface area contributed by atoms with E-state index in [4.69, 9.17) is 37.9 Å². The number of rotatable bonds is 25.